The highest BCUT2D eigenvalue weighted by atomic mass is 16.2. The number of hydrogen-bond donors (Lipinski definition) is 1. The molecule has 1 aliphatic heterocycles. The number of carbonyl (C=O) groups excluding carboxylic acids is 1. The second kappa shape index (κ2) is 7.00. The first-order valence-electron chi connectivity index (χ1n) is 9.20. The Morgan fingerprint density at radius 3 is 2.56 bits per heavy atom. The number of nitrogens with one attached hydrogen (secondary N) is 1. The fraction of sp³-hybridized carbons (Fsp3) is 0.273. The van der Waals surface area contributed by atoms with Crippen molar-refractivity contribution >= 4 is 16.7 Å². The molecule has 5 nitrogen and oxygen atoms in total. The molecule has 1 amide bonds. The first-order chi connectivity index (χ1) is 13.0. The predicted octanol–water partition coefficient (Wildman–Crippen LogP) is 2.97. The highest BCUT2D eigenvalue weighted by molar-refractivity contribution is 5.95. The highest BCUT2D eigenvalue weighted by Crippen LogP contribution is 2.24. The van der Waals surface area contributed by atoms with E-state index in [9.17, 15) is 9.59 Å². The summed E-state index contributed by atoms with van der Waals surface area (Å²) in [4.78, 5) is 31.4. The van der Waals surface area contributed by atoms with E-state index in [0.717, 1.165) is 36.0 Å². The van der Waals surface area contributed by atoms with E-state index in [1.807, 2.05) is 60.5 Å². The van der Waals surface area contributed by atoms with Crippen molar-refractivity contribution in [3.63, 3.8) is 0 Å². The molecule has 5 heteroatoms. The number of hydrogen-bond acceptors (Lipinski definition) is 3. The number of aromatic amines is 1. The van der Waals surface area contributed by atoms with Crippen LogP contribution in [0.4, 0.5) is 0 Å². The molecule has 1 N–H and O–H groups in total. The monoisotopic (exact) mass is 361 g/mol. The summed E-state index contributed by atoms with van der Waals surface area (Å²) in [5.41, 5.74) is 2.67. The maximum absolute atomic E-state index is 12.8. The molecule has 0 spiro atoms. The van der Waals surface area contributed by atoms with Crippen LogP contribution >= 0.6 is 0 Å². The Morgan fingerprint density at radius 1 is 1.11 bits per heavy atom. The molecule has 1 fully saturated rings. The van der Waals surface area contributed by atoms with Crippen molar-refractivity contribution in [3.8, 4) is 11.1 Å². The number of pyridine rings is 1. The summed E-state index contributed by atoms with van der Waals surface area (Å²) in [6.45, 7) is 1.96. The van der Waals surface area contributed by atoms with Crippen LogP contribution < -0.4 is 5.56 Å². The number of aromatic nitrogens is 1. The van der Waals surface area contributed by atoms with Gasteiger partial charge in [-0.3, -0.25) is 9.59 Å². The molecule has 0 unspecified atom stereocenters. The maximum Gasteiger partial charge on any atom is 0.255 e. The summed E-state index contributed by atoms with van der Waals surface area (Å²) in [6, 6.07) is 15.7. The van der Waals surface area contributed by atoms with Crippen LogP contribution in [0.25, 0.3) is 21.9 Å². The maximum atomic E-state index is 12.8. The number of likely N-dealkylation sites (tertiary alicyclic amines) is 1. The average Bonchev–Trinajstić information content (AvgIpc) is 3.13. The summed E-state index contributed by atoms with van der Waals surface area (Å²) in [5, 5.41) is 1.58. The van der Waals surface area contributed by atoms with Crippen molar-refractivity contribution in [3.05, 3.63) is 70.6 Å². The van der Waals surface area contributed by atoms with Gasteiger partial charge in [0, 0.05) is 36.8 Å². The van der Waals surface area contributed by atoms with Crippen LogP contribution in [0.3, 0.4) is 0 Å². The van der Waals surface area contributed by atoms with E-state index in [1.54, 1.807) is 6.20 Å². The summed E-state index contributed by atoms with van der Waals surface area (Å²) in [7, 11) is 3.98. The number of fused-ring (bicyclic) bond motifs is 1. The van der Waals surface area contributed by atoms with Gasteiger partial charge in [0.25, 0.3) is 11.5 Å². The Bertz CT molecular complexity index is 1040. The number of carbonyl (C=O) groups is 1. The van der Waals surface area contributed by atoms with Crippen molar-refractivity contribution in [2.24, 2.45) is 0 Å². The van der Waals surface area contributed by atoms with Crippen LogP contribution in [0, 0.1) is 0 Å². The van der Waals surface area contributed by atoms with E-state index in [0.29, 0.717) is 10.9 Å². The van der Waals surface area contributed by atoms with Gasteiger partial charge in [-0.15, -0.1) is 0 Å². The summed E-state index contributed by atoms with van der Waals surface area (Å²) in [5.74, 6) is 0.0619. The molecule has 4 rings (SSSR count). The molecular formula is C22H23N3O2. The summed E-state index contributed by atoms with van der Waals surface area (Å²) in [6.07, 6.45) is 2.68. The van der Waals surface area contributed by atoms with Crippen LogP contribution in [-0.4, -0.2) is 53.9 Å². The Kier molecular flexibility index (Phi) is 4.54. The zero-order chi connectivity index (χ0) is 19.0. The fourth-order valence-corrected chi connectivity index (χ4v) is 3.77. The smallest absolute Gasteiger partial charge is 0.255 e. The number of amides is 1. The van der Waals surface area contributed by atoms with Gasteiger partial charge in [0.05, 0.1) is 0 Å². The Hall–Kier alpha value is -2.92. The zero-order valence-corrected chi connectivity index (χ0v) is 15.6. The molecule has 1 saturated heterocycles. The third-order valence-corrected chi connectivity index (χ3v) is 5.47. The number of rotatable bonds is 3. The molecule has 1 atom stereocenters. The molecule has 0 aliphatic carbocycles. The molecule has 1 aliphatic rings. The van der Waals surface area contributed by atoms with E-state index >= 15 is 0 Å². The van der Waals surface area contributed by atoms with E-state index in [-0.39, 0.29) is 17.5 Å². The largest absolute Gasteiger partial charge is 0.337 e. The molecule has 27 heavy (non-hydrogen) atoms. The summed E-state index contributed by atoms with van der Waals surface area (Å²) < 4.78 is 0. The van der Waals surface area contributed by atoms with Crippen molar-refractivity contribution in [2.45, 2.75) is 12.5 Å². The Labute approximate surface area is 158 Å². The topological polar surface area (TPSA) is 56.4 Å². The van der Waals surface area contributed by atoms with Crippen LogP contribution in [0.15, 0.2) is 59.5 Å². The fourth-order valence-electron chi connectivity index (χ4n) is 3.77. The minimum atomic E-state index is -0.0828. The molecule has 2 aromatic carbocycles. The minimum Gasteiger partial charge on any atom is -0.337 e. The van der Waals surface area contributed by atoms with Gasteiger partial charge in [-0.2, -0.15) is 0 Å². The van der Waals surface area contributed by atoms with Gasteiger partial charge >= 0.3 is 0 Å². The van der Waals surface area contributed by atoms with E-state index < -0.39 is 0 Å². The van der Waals surface area contributed by atoms with Gasteiger partial charge in [-0.05, 0) is 66.9 Å². The molecule has 0 bridgehead atoms. The molecule has 2 heterocycles. The molecule has 0 radical (unpaired) electrons. The normalized spacial score (nSPS) is 17.3. The first kappa shape index (κ1) is 17.5. The second-order valence-electron chi connectivity index (χ2n) is 7.31. The quantitative estimate of drug-likeness (QED) is 0.780. The first-order valence-corrected chi connectivity index (χ1v) is 9.20. The van der Waals surface area contributed by atoms with E-state index in [1.165, 1.54) is 0 Å². The van der Waals surface area contributed by atoms with Gasteiger partial charge in [0.2, 0.25) is 0 Å². The summed E-state index contributed by atoms with van der Waals surface area (Å²) >= 11 is 0. The average molecular weight is 361 g/mol. The number of likely N-dealkylation sites (N-methyl/N-ethyl adjacent to an activating group) is 2. The molecular weight excluding hydrogens is 338 g/mol. The van der Waals surface area contributed by atoms with Crippen LogP contribution in [0.2, 0.25) is 0 Å². The third-order valence-electron chi connectivity index (χ3n) is 5.47. The third kappa shape index (κ3) is 3.38. The molecule has 1 aromatic heterocycles. The molecule has 3 aromatic rings. The number of H-pyrrole nitrogens is 1. The van der Waals surface area contributed by atoms with Crippen LogP contribution in [-0.2, 0) is 0 Å². The van der Waals surface area contributed by atoms with E-state index in [4.69, 9.17) is 0 Å². The number of nitrogens with zero attached hydrogens (tertiary/aromatic N) is 2. The lowest BCUT2D eigenvalue weighted by Gasteiger charge is -2.24. The molecule has 0 saturated carbocycles. The van der Waals surface area contributed by atoms with Crippen molar-refractivity contribution in [1.82, 2.24) is 14.8 Å². The lowest BCUT2D eigenvalue weighted by Crippen LogP contribution is -2.38. The highest BCUT2D eigenvalue weighted by Gasteiger charge is 2.26. The number of benzene rings is 2. The predicted molar refractivity (Wildman–Crippen MR) is 108 cm³/mol. The van der Waals surface area contributed by atoms with Crippen molar-refractivity contribution in [2.75, 3.05) is 27.2 Å². The Morgan fingerprint density at radius 2 is 1.85 bits per heavy atom. The van der Waals surface area contributed by atoms with Gasteiger partial charge in [0.15, 0.2) is 0 Å². The van der Waals surface area contributed by atoms with Crippen molar-refractivity contribution in [1.29, 1.82) is 0 Å². The SMILES string of the molecule is CN1CC[C@@H](N(C)C(=O)c2ccc(-c3ccc4c(=O)[nH]ccc4c3)cc2)C1. The van der Waals surface area contributed by atoms with Crippen LogP contribution in [0.5, 0.6) is 0 Å². The van der Waals surface area contributed by atoms with Gasteiger partial charge in [-0.1, -0.05) is 18.2 Å². The standard InChI is InChI=1S/C22H23N3O2/c1-24-12-10-19(14-24)25(2)22(27)16-5-3-15(4-6-16)17-7-8-20-18(13-17)9-11-23-21(20)26/h3-9,11,13,19H,10,12,14H2,1-2H3,(H,23,26)/t19-/m1/s1. The lowest BCUT2D eigenvalue weighted by atomic mass is 10.0. The van der Waals surface area contributed by atoms with Crippen LogP contribution in [0.1, 0.15) is 16.8 Å². The zero-order valence-electron chi connectivity index (χ0n) is 15.6. The minimum absolute atomic E-state index is 0.0619. The Balaban J connectivity index is 1.57. The van der Waals surface area contributed by atoms with Gasteiger partial charge in [-0.25, -0.2) is 0 Å². The van der Waals surface area contributed by atoms with Gasteiger partial charge < -0.3 is 14.8 Å². The van der Waals surface area contributed by atoms with Gasteiger partial charge in [0.1, 0.15) is 0 Å². The lowest BCUT2D eigenvalue weighted by molar-refractivity contribution is 0.0737. The second-order valence-corrected chi connectivity index (χ2v) is 7.31. The van der Waals surface area contributed by atoms with E-state index in [2.05, 4.69) is 16.9 Å². The molecule has 138 valence electrons. The van der Waals surface area contributed by atoms with Crippen molar-refractivity contribution < 1.29 is 4.79 Å².